The van der Waals surface area contributed by atoms with Crippen molar-refractivity contribution in [1.82, 2.24) is 4.98 Å². The minimum atomic E-state index is -0.235. The van der Waals surface area contributed by atoms with E-state index in [0.717, 1.165) is 49.3 Å². The first-order chi connectivity index (χ1) is 11.2. The van der Waals surface area contributed by atoms with Crippen molar-refractivity contribution in [1.29, 1.82) is 0 Å². The van der Waals surface area contributed by atoms with E-state index in [0.29, 0.717) is 17.5 Å². The number of pyridine rings is 1. The van der Waals surface area contributed by atoms with E-state index in [9.17, 15) is 4.39 Å². The maximum atomic E-state index is 14.1. The Morgan fingerprint density at radius 1 is 1.22 bits per heavy atom. The number of rotatable bonds is 2. The molecular formula is C19H23FN2O. The molecule has 1 unspecified atom stereocenters. The number of aryl methyl sites for hydroxylation is 1. The summed E-state index contributed by atoms with van der Waals surface area (Å²) in [4.78, 5) is 6.78. The minimum absolute atomic E-state index is 0.235. The Kier molecular flexibility index (Phi) is 3.93. The predicted molar refractivity (Wildman–Crippen MR) is 90.3 cm³/mol. The van der Waals surface area contributed by atoms with Crippen molar-refractivity contribution in [2.45, 2.75) is 38.7 Å². The lowest BCUT2D eigenvalue weighted by Crippen LogP contribution is -2.37. The lowest BCUT2D eigenvalue weighted by atomic mass is 9.89. The lowest BCUT2D eigenvalue weighted by Gasteiger charge is -2.36. The first-order valence-electron chi connectivity index (χ1n) is 8.65. The molecule has 3 heterocycles. The van der Waals surface area contributed by atoms with Crippen molar-refractivity contribution in [3.05, 3.63) is 35.8 Å². The Bertz CT molecular complexity index is 704. The van der Waals surface area contributed by atoms with Crippen molar-refractivity contribution in [3.8, 4) is 0 Å². The van der Waals surface area contributed by atoms with Gasteiger partial charge in [0, 0.05) is 36.5 Å². The highest BCUT2D eigenvalue weighted by Gasteiger charge is 2.30. The summed E-state index contributed by atoms with van der Waals surface area (Å²) in [6.07, 6.45) is 5.20. The fourth-order valence-electron chi connectivity index (χ4n) is 4.07. The number of hydrogen-bond acceptors (Lipinski definition) is 3. The van der Waals surface area contributed by atoms with Gasteiger partial charge in [-0.25, -0.2) is 9.37 Å². The Labute approximate surface area is 136 Å². The number of hydrogen-bond donors (Lipinski definition) is 0. The second-order valence-electron chi connectivity index (χ2n) is 6.79. The van der Waals surface area contributed by atoms with Gasteiger partial charge in [-0.15, -0.1) is 0 Å². The number of para-hydroxylation sites is 1. The summed E-state index contributed by atoms with van der Waals surface area (Å²) in [6.45, 7) is 4.89. The van der Waals surface area contributed by atoms with Crippen LogP contribution in [0.3, 0.4) is 0 Å². The molecule has 1 aromatic carbocycles. The van der Waals surface area contributed by atoms with Crippen LogP contribution >= 0.6 is 0 Å². The summed E-state index contributed by atoms with van der Waals surface area (Å²) >= 11 is 0. The second kappa shape index (κ2) is 6.08. The average Bonchev–Trinajstić information content (AvgIpc) is 3.10. The minimum Gasteiger partial charge on any atom is -0.378 e. The van der Waals surface area contributed by atoms with E-state index < -0.39 is 0 Å². The van der Waals surface area contributed by atoms with E-state index in [2.05, 4.69) is 16.0 Å². The fourth-order valence-corrected chi connectivity index (χ4v) is 4.07. The summed E-state index contributed by atoms with van der Waals surface area (Å²) in [7, 11) is 0. The third kappa shape index (κ3) is 2.80. The molecule has 2 aromatic rings. The van der Waals surface area contributed by atoms with Crippen LogP contribution in [0.5, 0.6) is 0 Å². The van der Waals surface area contributed by atoms with E-state index in [4.69, 9.17) is 4.74 Å². The molecule has 3 nitrogen and oxygen atoms in total. The number of piperidine rings is 1. The Balaban J connectivity index is 1.59. The molecule has 0 radical (unpaired) electrons. The Morgan fingerprint density at radius 2 is 2.04 bits per heavy atom. The Morgan fingerprint density at radius 3 is 2.78 bits per heavy atom. The number of benzene rings is 1. The van der Waals surface area contributed by atoms with Gasteiger partial charge < -0.3 is 9.64 Å². The molecule has 1 aromatic heterocycles. The van der Waals surface area contributed by atoms with Gasteiger partial charge in [0.15, 0.2) is 0 Å². The molecule has 2 aliphatic rings. The number of anilines is 1. The predicted octanol–water partition coefficient (Wildman–Crippen LogP) is 4.08. The summed E-state index contributed by atoms with van der Waals surface area (Å²) < 4.78 is 19.9. The maximum Gasteiger partial charge on any atom is 0.149 e. The highest BCUT2D eigenvalue weighted by molar-refractivity contribution is 5.92. The topological polar surface area (TPSA) is 25.4 Å². The molecule has 0 saturated carbocycles. The highest BCUT2D eigenvalue weighted by Crippen LogP contribution is 2.34. The molecule has 2 aliphatic heterocycles. The molecule has 0 aliphatic carbocycles. The van der Waals surface area contributed by atoms with Gasteiger partial charge in [0.1, 0.15) is 11.3 Å². The molecule has 122 valence electrons. The van der Waals surface area contributed by atoms with Gasteiger partial charge >= 0.3 is 0 Å². The van der Waals surface area contributed by atoms with Crippen molar-refractivity contribution in [3.63, 3.8) is 0 Å². The molecule has 23 heavy (non-hydrogen) atoms. The smallest absolute Gasteiger partial charge is 0.149 e. The van der Waals surface area contributed by atoms with Gasteiger partial charge in [-0.05, 0) is 50.7 Å². The molecule has 1 atom stereocenters. The van der Waals surface area contributed by atoms with Crippen LogP contribution in [0.25, 0.3) is 10.9 Å². The van der Waals surface area contributed by atoms with Gasteiger partial charge in [0.25, 0.3) is 0 Å². The van der Waals surface area contributed by atoms with Gasteiger partial charge in [-0.3, -0.25) is 0 Å². The van der Waals surface area contributed by atoms with Crippen LogP contribution in [0.4, 0.5) is 10.1 Å². The zero-order valence-electron chi connectivity index (χ0n) is 13.6. The fraction of sp³-hybridized carbons (Fsp3) is 0.526. The first-order valence-corrected chi connectivity index (χ1v) is 8.65. The van der Waals surface area contributed by atoms with Crippen LogP contribution in [-0.2, 0) is 4.74 Å². The summed E-state index contributed by atoms with van der Waals surface area (Å²) in [5.74, 6) is 0.446. The molecule has 0 amide bonds. The van der Waals surface area contributed by atoms with E-state index in [1.165, 1.54) is 18.9 Å². The van der Waals surface area contributed by atoms with Crippen LogP contribution in [0.15, 0.2) is 24.3 Å². The number of fused-ring (bicyclic) bond motifs is 1. The van der Waals surface area contributed by atoms with Gasteiger partial charge in [0.2, 0.25) is 0 Å². The summed E-state index contributed by atoms with van der Waals surface area (Å²) in [6, 6.07) is 7.33. The third-order valence-corrected chi connectivity index (χ3v) is 5.27. The quantitative estimate of drug-likeness (QED) is 0.835. The van der Waals surface area contributed by atoms with Crippen molar-refractivity contribution < 1.29 is 9.13 Å². The zero-order valence-corrected chi connectivity index (χ0v) is 13.6. The lowest BCUT2D eigenvalue weighted by molar-refractivity contribution is 0.0532. The van der Waals surface area contributed by atoms with Gasteiger partial charge in [-0.2, -0.15) is 0 Å². The summed E-state index contributed by atoms with van der Waals surface area (Å²) in [5.41, 5.74) is 2.49. The van der Waals surface area contributed by atoms with Crippen molar-refractivity contribution >= 4 is 16.6 Å². The molecular weight excluding hydrogens is 291 g/mol. The molecule has 0 bridgehead atoms. The van der Waals surface area contributed by atoms with Crippen LogP contribution in [0.1, 0.15) is 31.4 Å². The average molecular weight is 314 g/mol. The van der Waals surface area contributed by atoms with Crippen LogP contribution in [-0.4, -0.2) is 30.8 Å². The Hall–Kier alpha value is -1.68. The third-order valence-electron chi connectivity index (χ3n) is 5.27. The molecule has 0 spiro atoms. The van der Waals surface area contributed by atoms with Crippen LogP contribution in [0.2, 0.25) is 0 Å². The van der Waals surface area contributed by atoms with E-state index in [1.54, 1.807) is 6.07 Å². The number of halogens is 1. The largest absolute Gasteiger partial charge is 0.378 e. The highest BCUT2D eigenvalue weighted by atomic mass is 19.1. The molecule has 4 rings (SSSR count). The molecule has 4 heteroatoms. The standard InChI is InChI=1S/C19H23FN2O/c1-13-12-17(15-4-2-5-16(20)19(15)21-13)22-9-7-14(8-10-22)18-6-3-11-23-18/h2,4-5,12,14,18H,3,6-11H2,1H3. The number of ether oxygens (including phenoxy) is 1. The van der Waals surface area contributed by atoms with Gasteiger partial charge in [0.05, 0.1) is 6.10 Å². The molecule has 2 saturated heterocycles. The van der Waals surface area contributed by atoms with Gasteiger partial charge in [-0.1, -0.05) is 12.1 Å². The van der Waals surface area contributed by atoms with Crippen molar-refractivity contribution in [2.75, 3.05) is 24.6 Å². The normalized spacial score (nSPS) is 22.9. The monoisotopic (exact) mass is 314 g/mol. The number of aromatic nitrogens is 1. The van der Waals surface area contributed by atoms with E-state index in [1.807, 2.05) is 13.0 Å². The van der Waals surface area contributed by atoms with E-state index >= 15 is 0 Å². The van der Waals surface area contributed by atoms with Crippen LogP contribution in [0, 0.1) is 18.7 Å². The van der Waals surface area contributed by atoms with E-state index in [-0.39, 0.29) is 5.82 Å². The molecule has 0 N–H and O–H groups in total. The SMILES string of the molecule is Cc1cc(N2CCC(C3CCCO3)CC2)c2cccc(F)c2n1. The zero-order chi connectivity index (χ0) is 15.8. The molecule has 2 fully saturated rings. The van der Waals surface area contributed by atoms with Crippen LogP contribution < -0.4 is 4.90 Å². The number of nitrogens with zero attached hydrogens (tertiary/aromatic N) is 2. The maximum absolute atomic E-state index is 14.1. The first kappa shape index (κ1) is 14.9. The van der Waals surface area contributed by atoms with Crippen molar-refractivity contribution in [2.24, 2.45) is 5.92 Å². The second-order valence-corrected chi connectivity index (χ2v) is 6.79. The summed E-state index contributed by atoms with van der Waals surface area (Å²) in [5, 5.41) is 0.922.